The molecule has 0 aromatic carbocycles. The molecule has 1 aliphatic heterocycles. The molecule has 3 atom stereocenters. The van der Waals surface area contributed by atoms with E-state index in [1.54, 1.807) is 0 Å². The van der Waals surface area contributed by atoms with Crippen molar-refractivity contribution in [2.45, 2.75) is 63.5 Å². The van der Waals surface area contributed by atoms with E-state index in [0.717, 1.165) is 49.6 Å². The molecular weight excluding hydrogens is 540 g/mol. The van der Waals surface area contributed by atoms with Crippen LogP contribution in [0.3, 0.4) is 0 Å². The first-order valence-electron chi connectivity index (χ1n) is 11.6. The molecule has 9 nitrogen and oxygen atoms in total. The van der Waals surface area contributed by atoms with Gasteiger partial charge in [-0.25, -0.2) is 9.59 Å². The zero-order valence-electron chi connectivity index (χ0n) is 20.7. The van der Waals surface area contributed by atoms with Gasteiger partial charge in [-0.3, -0.25) is 14.9 Å². The van der Waals surface area contributed by atoms with Crippen LogP contribution in [0.15, 0.2) is 42.6 Å². The van der Waals surface area contributed by atoms with Gasteiger partial charge < -0.3 is 19.7 Å². The fraction of sp³-hybridized carbons (Fsp3) is 0.500. The van der Waals surface area contributed by atoms with Gasteiger partial charge in [-0.15, -0.1) is 0 Å². The second kappa shape index (κ2) is 14.2. The topological polar surface area (TPSA) is 122 Å². The third-order valence-electron chi connectivity index (χ3n) is 5.62. The maximum Gasteiger partial charge on any atom is 0.490 e. The molecule has 0 bridgehead atoms. The Morgan fingerprint density at radius 3 is 2.15 bits per heavy atom. The minimum absolute atomic E-state index is 0.152. The Balaban J connectivity index is 0.000000317. The number of pyridine rings is 2. The van der Waals surface area contributed by atoms with Gasteiger partial charge in [0.25, 0.3) is 0 Å². The van der Waals surface area contributed by atoms with E-state index in [0.29, 0.717) is 12.6 Å². The van der Waals surface area contributed by atoms with Gasteiger partial charge in [-0.1, -0.05) is 12.1 Å². The molecule has 2 fully saturated rings. The lowest BCUT2D eigenvalue weighted by atomic mass is 10.1. The molecule has 0 radical (unpaired) electrons. The Labute approximate surface area is 219 Å². The van der Waals surface area contributed by atoms with Crippen molar-refractivity contribution in [3.63, 3.8) is 0 Å². The maximum atomic E-state index is 10.6. The average Bonchev–Trinajstić information content (AvgIpc) is 3.27. The fourth-order valence-electron chi connectivity index (χ4n) is 3.94. The first kappa shape index (κ1) is 31.9. The van der Waals surface area contributed by atoms with Gasteiger partial charge in [0.05, 0.1) is 36.8 Å². The van der Waals surface area contributed by atoms with E-state index in [4.69, 9.17) is 29.3 Å². The normalized spacial score (nSPS) is 21.1. The number of alkyl halides is 6. The lowest BCUT2D eigenvalue weighted by Crippen LogP contribution is -2.51. The van der Waals surface area contributed by atoms with Crippen LogP contribution in [0.25, 0.3) is 0 Å². The van der Waals surface area contributed by atoms with E-state index < -0.39 is 24.3 Å². The van der Waals surface area contributed by atoms with E-state index in [1.807, 2.05) is 37.4 Å². The molecule has 4 rings (SSSR count). The third kappa shape index (κ3) is 10.8. The van der Waals surface area contributed by atoms with Crippen molar-refractivity contribution < 1.29 is 55.6 Å². The highest BCUT2D eigenvalue weighted by Gasteiger charge is 2.43. The number of fused-ring (bicyclic) bond motifs is 1. The van der Waals surface area contributed by atoms with Crippen molar-refractivity contribution in [1.82, 2.24) is 14.9 Å². The Hall–Kier alpha value is -3.30. The second-order valence-electron chi connectivity index (χ2n) is 8.50. The van der Waals surface area contributed by atoms with E-state index in [-0.39, 0.29) is 12.2 Å². The van der Waals surface area contributed by atoms with Crippen LogP contribution in [0.1, 0.15) is 29.9 Å². The molecule has 1 aliphatic carbocycles. The first-order valence-corrected chi connectivity index (χ1v) is 11.6. The SMILES string of the molecule is Cc1cccc(CO[C@@H]2CC[C@H]3[C@H]2OCCN3Cc2ccccn2)n1.O=C(O)C(F)(F)F.O=C(O)C(F)(F)F. The smallest absolute Gasteiger partial charge is 0.475 e. The predicted octanol–water partition coefficient (Wildman–Crippen LogP) is 4.00. The lowest BCUT2D eigenvalue weighted by molar-refractivity contribution is -0.193. The summed E-state index contributed by atoms with van der Waals surface area (Å²) >= 11 is 0. The van der Waals surface area contributed by atoms with Crippen molar-refractivity contribution >= 4 is 11.9 Å². The first-order chi connectivity index (χ1) is 18.2. The summed E-state index contributed by atoms with van der Waals surface area (Å²) in [6, 6.07) is 12.6. The van der Waals surface area contributed by atoms with Crippen LogP contribution in [0.2, 0.25) is 0 Å². The molecular formula is C24H27F6N3O6. The van der Waals surface area contributed by atoms with Gasteiger partial charge in [0, 0.05) is 31.0 Å². The zero-order valence-corrected chi connectivity index (χ0v) is 20.7. The monoisotopic (exact) mass is 567 g/mol. The largest absolute Gasteiger partial charge is 0.490 e. The molecule has 0 unspecified atom stereocenters. The number of rotatable bonds is 5. The van der Waals surface area contributed by atoms with Crippen LogP contribution in [-0.2, 0) is 32.2 Å². The quantitative estimate of drug-likeness (QED) is 0.517. The standard InChI is InChI=1S/C20H25N3O2.2C2HF3O2/c1-15-5-4-7-17(22-15)14-25-19-9-8-18-20(19)24-12-11-23(18)13-16-6-2-3-10-21-16;2*3-2(4,5)1(6)7/h2-7,10,18-20H,8-9,11-14H2,1H3;2*(H,6,7)/t18-,19+,20+;;/m0../s1. The van der Waals surface area contributed by atoms with E-state index >= 15 is 0 Å². The summed E-state index contributed by atoms with van der Waals surface area (Å²) in [7, 11) is 0. The highest BCUT2D eigenvalue weighted by Crippen LogP contribution is 2.33. The molecule has 1 saturated heterocycles. The number of ether oxygens (including phenoxy) is 2. The van der Waals surface area contributed by atoms with Crippen LogP contribution >= 0.6 is 0 Å². The van der Waals surface area contributed by atoms with Gasteiger partial charge >= 0.3 is 24.3 Å². The van der Waals surface area contributed by atoms with Gasteiger partial charge in [-0.05, 0) is 44.0 Å². The van der Waals surface area contributed by atoms with Gasteiger partial charge in [0.1, 0.15) is 0 Å². The highest BCUT2D eigenvalue weighted by atomic mass is 19.4. The lowest BCUT2D eigenvalue weighted by Gasteiger charge is -2.38. The second-order valence-corrected chi connectivity index (χ2v) is 8.50. The number of hydrogen-bond donors (Lipinski definition) is 2. The number of halogens is 6. The van der Waals surface area contributed by atoms with Crippen LogP contribution in [0, 0.1) is 6.92 Å². The molecule has 2 aromatic heterocycles. The predicted molar refractivity (Wildman–Crippen MR) is 122 cm³/mol. The van der Waals surface area contributed by atoms with Crippen LogP contribution in [0.4, 0.5) is 26.3 Å². The van der Waals surface area contributed by atoms with Crippen molar-refractivity contribution in [2.75, 3.05) is 13.2 Å². The Morgan fingerprint density at radius 1 is 1.00 bits per heavy atom. The molecule has 2 aliphatic rings. The summed E-state index contributed by atoms with van der Waals surface area (Å²) in [6.45, 7) is 5.17. The summed E-state index contributed by atoms with van der Waals surface area (Å²) in [6.07, 6.45) is -5.84. The van der Waals surface area contributed by atoms with Gasteiger partial charge in [0.15, 0.2) is 0 Å². The van der Waals surface area contributed by atoms with Crippen molar-refractivity contribution in [3.8, 4) is 0 Å². The summed E-state index contributed by atoms with van der Waals surface area (Å²) in [5.41, 5.74) is 3.14. The van der Waals surface area contributed by atoms with Crippen LogP contribution < -0.4 is 0 Å². The number of carboxylic acid groups (broad SMARTS) is 2. The summed E-state index contributed by atoms with van der Waals surface area (Å²) < 4.78 is 75.7. The molecule has 3 heterocycles. The number of carboxylic acids is 2. The molecule has 39 heavy (non-hydrogen) atoms. The molecule has 216 valence electrons. The number of hydrogen-bond acceptors (Lipinski definition) is 7. The minimum atomic E-state index is -5.08. The molecule has 2 aromatic rings. The summed E-state index contributed by atoms with van der Waals surface area (Å²) in [5.74, 6) is -5.51. The number of nitrogens with zero attached hydrogens (tertiary/aromatic N) is 3. The van der Waals surface area contributed by atoms with Crippen molar-refractivity contribution in [2.24, 2.45) is 0 Å². The average molecular weight is 567 g/mol. The van der Waals surface area contributed by atoms with E-state index in [1.165, 1.54) is 0 Å². The number of carbonyl (C=O) groups is 2. The highest BCUT2D eigenvalue weighted by molar-refractivity contribution is 5.73. The fourth-order valence-corrected chi connectivity index (χ4v) is 3.94. The Morgan fingerprint density at radius 2 is 1.62 bits per heavy atom. The van der Waals surface area contributed by atoms with Crippen molar-refractivity contribution in [3.05, 3.63) is 59.7 Å². The maximum absolute atomic E-state index is 10.6. The van der Waals surface area contributed by atoms with Crippen LogP contribution in [-0.4, -0.2) is 80.8 Å². The number of aliphatic carboxylic acids is 2. The van der Waals surface area contributed by atoms with Crippen LogP contribution in [0.5, 0.6) is 0 Å². The Kier molecular flexibility index (Phi) is 11.6. The summed E-state index contributed by atoms with van der Waals surface area (Å²) in [5, 5.41) is 14.2. The summed E-state index contributed by atoms with van der Waals surface area (Å²) in [4.78, 5) is 29.3. The van der Waals surface area contributed by atoms with Gasteiger partial charge in [-0.2, -0.15) is 26.3 Å². The van der Waals surface area contributed by atoms with Crippen molar-refractivity contribution in [1.29, 1.82) is 0 Å². The molecule has 1 saturated carbocycles. The van der Waals surface area contributed by atoms with E-state index in [2.05, 4.69) is 27.0 Å². The molecule has 15 heteroatoms. The van der Waals surface area contributed by atoms with Gasteiger partial charge in [0.2, 0.25) is 0 Å². The minimum Gasteiger partial charge on any atom is -0.475 e. The zero-order chi connectivity index (χ0) is 29.2. The third-order valence-corrected chi connectivity index (χ3v) is 5.62. The molecule has 2 N–H and O–H groups in total. The number of aromatic nitrogens is 2. The number of morpholine rings is 1. The Bertz CT molecular complexity index is 1050. The van der Waals surface area contributed by atoms with E-state index in [9.17, 15) is 26.3 Å². The number of aryl methyl sites for hydroxylation is 1. The molecule has 0 amide bonds. The molecule has 0 spiro atoms.